The summed E-state index contributed by atoms with van der Waals surface area (Å²) >= 11 is 0. The molecule has 0 aromatic heterocycles. The molecule has 0 saturated carbocycles. The molecule has 1 aromatic rings. The van der Waals surface area contributed by atoms with Gasteiger partial charge in [0, 0.05) is 6.54 Å². The van der Waals surface area contributed by atoms with Gasteiger partial charge in [-0.15, -0.1) is 0 Å². The van der Waals surface area contributed by atoms with E-state index in [-0.39, 0.29) is 42.4 Å². The number of nitrogens with zero attached hydrogens (tertiary/aromatic N) is 1. The van der Waals surface area contributed by atoms with E-state index in [1.165, 1.54) is 29.2 Å². The molecule has 26 heavy (non-hydrogen) atoms. The van der Waals surface area contributed by atoms with Crippen LogP contribution in [-0.4, -0.2) is 61.5 Å². The van der Waals surface area contributed by atoms with Gasteiger partial charge in [-0.25, -0.2) is 4.79 Å². The van der Waals surface area contributed by atoms with Crippen LogP contribution >= 0.6 is 0 Å². The zero-order chi connectivity index (χ0) is 19.3. The van der Waals surface area contributed by atoms with Gasteiger partial charge in [-0.1, -0.05) is 12.1 Å². The molecule has 1 aliphatic rings. The Bertz CT molecular complexity index is 718. The van der Waals surface area contributed by atoms with Crippen molar-refractivity contribution in [1.82, 2.24) is 4.90 Å². The number of anilines is 1. The van der Waals surface area contributed by atoms with Crippen molar-refractivity contribution >= 4 is 17.6 Å². The summed E-state index contributed by atoms with van der Waals surface area (Å²) < 4.78 is 46.6. The Morgan fingerprint density at radius 3 is 2.65 bits per heavy atom. The number of para-hydroxylation sites is 2. The maximum Gasteiger partial charge on any atom is 0.422 e. The first kappa shape index (κ1) is 19.6. The number of β-amino-alcohol motifs (C(OH)–C–C–N with tert-alkyl or cyclic N) is 1. The van der Waals surface area contributed by atoms with E-state index in [9.17, 15) is 22.8 Å². The number of amides is 1. The Hall–Kier alpha value is -2.75. The van der Waals surface area contributed by atoms with Gasteiger partial charge >= 0.3 is 12.1 Å². The Morgan fingerprint density at radius 1 is 1.35 bits per heavy atom. The second-order valence-corrected chi connectivity index (χ2v) is 5.32. The summed E-state index contributed by atoms with van der Waals surface area (Å²) in [5, 5.41) is 11.7. The maximum absolute atomic E-state index is 12.4. The van der Waals surface area contributed by atoms with Crippen LogP contribution in [0.2, 0.25) is 0 Å². The van der Waals surface area contributed by atoms with Crippen LogP contribution in [0.25, 0.3) is 0 Å². The lowest BCUT2D eigenvalue weighted by molar-refractivity contribution is -0.153. The number of carbonyl (C=O) groups is 2. The molecule has 142 valence electrons. The minimum atomic E-state index is -4.52. The number of aliphatic hydroxyl groups excluding tert-OH is 1. The number of nitrogens with one attached hydrogen (secondary N) is 1. The maximum atomic E-state index is 12.4. The van der Waals surface area contributed by atoms with Crippen molar-refractivity contribution in [2.45, 2.75) is 6.18 Å². The normalized spacial score (nSPS) is 14.7. The van der Waals surface area contributed by atoms with E-state index >= 15 is 0 Å². The van der Waals surface area contributed by atoms with E-state index in [1.54, 1.807) is 0 Å². The highest BCUT2D eigenvalue weighted by Gasteiger charge is 2.35. The van der Waals surface area contributed by atoms with Gasteiger partial charge < -0.3 is 24.8 Å². The second kappa shape index (κ2) is 8.09. The molecule has 0 atom stereocenters. The number of hydrogen-bond donors (Lipinski definition) is 2. The summed E-state index contributed by atoms with van der Waals surface area (Å²) in [6.07, 6.45) is -4.52. The van der Waals surface area contributed by atoms with Gasteiger partial charge in [0.25, 0.3) is 5.91 Å². The molecule has 0 aliphatic carbocycles. The van der Waals surface area contributed by atoms with Crippen LogP contribution in [0.1, 0.15) is 0 Å². The standard InChI is InChI=1S/C16H17F3N2O5/c1-25-15(24)10-8-21(6-7-22)14(23)13(10)20-11-4-2-3-5-12(11)26-9-16(17,18)19/h2-5,20,22H,6-9H2,1H3. The number of rotatable bonds is 7. The molecular weight excluding hydrogens is 357 g/mol. The van der Waals surface area contributed by atoms with E-state index in [0.717, 1.165) is 7.11 Å². The highest BCUT2D eigenvalue weighted by atomic mass is 19.4. The van der Waals surface area contributed by atoms with Gasteiger partial charge in [0.05, 0.1) is 31.5 Å². The van der Waals surface area contributed by atoms with Gasteiger partial charge in [0.15, 0.2) is 6.61 Å². The lowest BCUT2D eigenvalue weighted by Gasteiger charge is -2.16. The summed E-state index contributed by atoms with van der Waals surface area (Å²) in [6, 6.07) is 5.72. The fraction of sp³-hybridized carbons (Fsp3) is 0.375. The number of benzene rings is 1. The molecule has 2 N–H and O–H groups in total. The van der Waals surface area contributed by atoms with E-state index in [2.05, 4.69) is 10.1 Å². The van der Waals surface area contributed by atoms with Crippen LogP contribution in [0.3, 0.4) is 0 Å². The first-order valence-electron chi connectivity index (χ1n) is 7.54. The van der Waals surface area contributed by atoms with Crippen molar-refractivity contribution in [3.8, 4) is 5.75 Å². The number of carbonyl (C=O) groups excluding carboxylic acids is 2. The molecule has 1 heterocycles. The summed E-state index contributed by atoms with van der Waals surface area (Å²) in [5.41, 5.74) is -0.0303. The Labute approximate surface area is 147 Å². The molecule has 0 fully saturated rings. The van der Waals surface area contributed by atoms with Gasteiger partial charge in [-0.3, -0.25) is 4.79 Å². The number of esters is 1. The number of methoxy groups -OCH3 is 1. The molecule has 1 aliphatic heterocycles. The molecule has 0 radical (unpaired) electrons. The van der Waals surface area contributed by atoms with Gasteiger partial charge in [0.2, 0.25) is 0 Å². The fourth-order valence-corrected chi connectivity index (χ4v) is 2.34. The molecule has 0 saturated heterocycles. The van der Waals surface area contributed by atoms with Crippen LogP contribution in [-0.2, 0) is 14.3 Å². The minimum absolute atomic E-state index is 0.00325. The van der Waals surface area contributed by atoms with Crippen molar-refractivity contribution in [3.63, 3.8) is 0 Å². The molecule has 0 spiro atoms. The fourth-order valence-electron chi connectivity index (χ4n) is 2.34. The average molecular weight is 374 g/mol. The summed E-state index contributed by atoms with van der Waals surface area (Å²) in [6.45, 7) is -1.89. The van der Waals surface area contributed by atoms with Crippen molar-refractivity contribution in [2.75, 3.05) is 38.7 Å². The monoisotopic (exact) mass is 374 g/mol. The molecule has 0 bridgehead atoms. The zero-order valence-corrected chi connectivity index (χ0v) is 13.8. The summed E-state index contributed by atoms with van der Waals surface area (Å²) in [5.74, 6) is -1.46. The minimum Gasteiger partial charge on any atom is -0.482 e. The number of alkyl halides is 3. The Morgan fingerprint density at radius 2 is 2.04 bits per heavy atom. The molecule has 7 nitrogen and oxygen atoms in total. The number of halogens is 3. The smallest absolute Gasteiger partial charge is 0.422 e. The summed E-state index contributed by atoms with van der Waals surface area (Å²) in [4.78, 5) is 25.6. The molecule has 10 heteroatoms. The van der Waals surface area contributed by atoms with Crippen LogP contribution < -0.4 is 10.1 Å². The van der Waals surface area contributed by atoms with Crippen LogP contribution in [0.4, 0.5) is 18.9 Å². The third-order valence-corrected chi connectivity index (χ3v) is 3.49. The molecule has 1 aromatic carbocycles. The first-order valence-corrected chi connectivity index (χ1v) is 7.54. The van der Waals surface area contributed by atoms with E-state index in [1.807, 2.05) is 0 Å². The van der Waals surface area contributed by atoms with Crippen molar-refractivity contribution in [3.05, 3.63) is 35.5 Å². The predicted octanol–water partition coefficient (Wildman–Crippen LogP) is 1.30. The van der Waals surface area contributed by atoms with Crippen molar-refractivity contribution in [2.24, 2.45) is 0 Å². The van der Waals surface area contributed by atoms with Crippen molar-refractivity contribution in [1.29, 1.82) is 0 Å². The largest absolute Gasteiger partial charge is 0.482 e. The molecule has 1 amide bonds. The summed E-state index contributed by atoms with van der Waals surface area (Å²) in [7, 11) is 1.15. The topological polar surface area (TPSA) is 88.1 Å². The Balaban J connectivity index is 2.29. The molecule has 0 unspecified atom stereocenters. The predicted molar refractivity (Wildman–Crippen MR) is 84.3 cm³/mol. The van der Waals surface area contributed by atoms with Crippen LogP contribution in [0, 0.1) is 0 Å². The molecular formula is C16H17F3N2O5. The lowest BCUT2D eigenvalue weighted by atomic mass is 10.2. The van der Waals surface area contributed by atoms with Gasteiger partial charge in [0.1, 0.15) is 11.4 Å². The van der Waals surface area contributed by atoms with E-state index in [4.69, 9.17) is 9.84 Å². The van der Waals surface area contributed by atoms with Gasteiger partial charge in [-0.2, -0.15) is 13.2 Å². The van der Waals surface area contributed by atoms with E-state index in [0.29, 0.717) is 0 Å². The average Bonchev–Trinajstić information content (AvgIpc) is 2.89. The van der Waals surface area contributed by atoms with Gasteiger partial charge in [-0.05, 0) is 12.1 Å². The number of ether oxygens (including phenoxy) is 2. The highest BCUT2D eigenvalue weighted by molar-refractivity contribution is 6.08. The van der Waals surface area contributed by atoms with E-state index < -0.39 is 24.7 Å². The molecule has 2 rings (SSSR count). The second-order valence-electron chi connectivity index (χ2n) is 5.32. The first-order chi connectivity index (χ1) is 12.3. The third kappa shape index (κ3) is 4.66. The number of hydrogen-bond acceptors (Lipinski definition) is 6. The van der Waals surface area contributed by atoms with Crippen LogP contribution in [0.5, 0.6) is 5.75 Å². The zero-order valence-electron chi connectivity index (χ0n) is 13.8. The SMILES string of the molecule is COC(=O)C1=C(Nc2ccccc2OCC(F)(F)F)C(=O)N(CCO)C1. The van der Waals surface area contributed by atoms with Crippen molar-refractivity contribution < 1.29 is 37.3 Å². The quantitative estimate of drug-likeness (QED) is 0.700. The number of aliphatic hydroxyl groups is 1. The highest BCUT2D eigenvalue weighted by Crippen LogP contribution is 2.30. The third-order valence-electron chi connectivity index (χ3n) is 3.49. The lowest BCUT2D eigenvalue weighted by Crippen LogP contribution is -2.31. The Kier molecular flexibility index (Phi) is 6.09. The van der Waals surface area contributed by atoms with Crippen LogP contribution in [0.15, 0.2) is 35.5 Å².